The first-order valence-electron chi connectivity index (χ1n) is 15.9. The summed E-state index contributed by atoms with van der Waals surface area (Å²) in [7, 11) is 0. The second-order valence-corrected chi connectivity index (χ2v) is 14.2. The Bertz CT molecular complexity index is 1730. The van der Waals surface area contributed by atoms with Gasteiger partial charge in [-0.1, -0.05) is 48.5 Å². The summed E-state index contributed by atoms with van der Waals surface area (Å²) in [5.41, 5.74) is 3.05. The minimum absolute atomic E-state index is 0.127. The number of esters is 1. The Morgan fingerprint density at radius 3 is 2.45 bits per heavy atom. The normalized spacial score (nSPS) is 29.7. The number of carbonyl (C=O) groups excluding carboxylic acids is 3. The highest BCUT2D eigenvalue weighted by Crippen LogP contribution is 2.58. The Morgan fingerprint density at radius 2 is 1.68 bits per heavy atom. The molecule has 1 spiro atoms. The average molecular weight is 752 g/mol. The van der Waals surface area contributed by atoms with Crippen molar-refractivity contribution in [1.82, 2.24) is 15.7 Å². The lowest BCUT2D eigenvalue weighted by Gasteiger charge is -2.48. The Morgan fingerprint density at radius 1 is 0.936 bits per heavy atom. The van der Waals surface area contributed by atoms with Gasteiger partial charge in [-0.15, -0.1) is 0 Å². The molecule has 3 saturated heterocycles. The minimum atomic E-state index is -1.31. The van der Waals surface area contributed by atoms with E-state index in [2.05, 4.69) is 45.4 Å². The van der Waals surface area contributed by atoms with E-state index in [0.717, 1.165) is 20.3 Å². The summed E-state index contributed by atoms with van der Waals surface area (Å²) >= 11 is 2.24. The van der Waals surface area contributed by atoms with Gasteiger partial charge in [0.1, 0.15) is 29.8 Å². The molecule has 0 aromatic heterocycles. The summed E-state index contributed by atoms with van der Waals surface area (Å²) in [5.74, 6) is -2.11. The van der Waals surface area contributed by atoms with Crippen molar-refractivity contribution in [2.45, 2.75) is 68.6 Å². The molecule has 3 heterocycles. The van der Waals surface area contributed by atoms with E-state index in [0.29, 0.717) is 24.0 Å². The van der Waals surface area contributed by atoms with Crippen LogP contribution in [-0.4, -0.2) is 77.3 Å². The molecular weight excluding hydrogens is 717 g/mol. The second-order valence-electron chi connectivity index (χ2n) is 12.9. The highest BCUT2D eigenvalue weighted by Gasteiger charge is 2.76. The fourth-order valence-corrected chi connectivity index (χ4v) is 8.62. The van der Waals surface area contributed by atoms with Crippen LogP contribution in [-0.2, 0) is 54.6 Å². The number of benzene rings is 3. The van der Waals surface area contributed by atoms with Gasteiger partial charge in [-0.25, -0.2) is 0 Å². The molecule has 2 bridgehead atoms. The number of carbonyl (C=O) groups is 3. The number of aliphatic hydroxyl groups is 1. The fourth-order valence-electron chi connectivity index (χ4n) is 8.02. The van der Waals surface area contributed by atoms with Crippen LogP contribution in [0.4, 0.5) is 0 Å². The maximum Gasteiger partial charge on any atom is 0.327 e. The summed E-state index contributed by atoms with van der Waals surface area (Å²) in [6.07, 6.45) is -1.39. The van der Waals surface area contributed by atoms with Crippen LogP contribution in [0.1, 0.15) is 39.0 Å². The SMILES string of the molecule is O=C(NCCO)c1cccc(CNC(=O)C23CC4OC(=O)C2N(Cc2cccc(I)c2)OC3C2OC3(Cc5ccccc5C3)OC42)c1. The van der Waals surface area contributed by atoms with E-state index in [-0.39, 0.29) is 44.5 Å². The van der Waals surface area contributed by atoms with Crippen molar-refractivity contribution < 1.29 is 38.5 Å². The van der Waals surface area contributed by atoms with Gasteiger partial charge in [-0.05, 0) is 69.1 Å². The zero-order chi connectivity index (χ0) is 32.3. The van der Waals surface area contributed by atoms with E-state index in [1.807, 2.05) is 42.5 Å². The molecule has 5 aliphatic rings. The van der Waals surface area contributed by atoms with Gasteiger partial charge in [0.15, 0.2) is 11.8 Å². The zero-order valence-corrected chi connectivity index (χ0v) is 27.6. The maximum atomic E-state index is 14.6. The second kappa shape index (κ2) is 11.9. The zero-order valence-electron chi connectivity index (χ0n) is 25.4. The van der Waals surface area contributed by atoms with Crippen LogP contribution in [0.5, 0.6) is 0 Å². The van der Waals surface area contributed by atoms with E-state index in [9.17, 15) is 14.4 Å². The lowest BCUT2D eigenvalue weighted by molar-refractivity contribution is -0.217. The molecule has 0 radical (unpaired) electrons. The van der Waals surface area contributed by atoms with E-state index in [4.69, 9.17) is 24.2 Å². The van der Waals surface area contributed by atoms with Gasteiger partial charge in [0.2, 0.25) is 5.91 Å². The molecule has 244 valence electrons. The third-order valence-corrected chi connectivity index (χ3v) is 10.7. The van der Waals surface area contributed by atoms with Crippen molar-refractivity contribution in [1.29, 1.82) is 0 Å². The number of hydrogen-bond acceptors (Lipinski definition) is 9. The Kier molecular flexibility index (Phi) is 7.85. The number of hydrogen-bond donors (Lipinski definition) is 3. The molecule has 3 aromatic carbocycles. The number of hydroxylamine groups is 2. The highest BCUT2D eigenvalue weighted by molar-refractivity contribution is 14.1. The minimum Gasteiger partial charge on any atom is -0.458 e. The van der Waals surface area contributed by atoms with Crippen molar-refractivity contribution >= 4 is 40.4 Å². The predicted molar refractivity (Wildman–Crippen MR) is 174 cm³/mol. The number of nitrogens with one attached hydrogen (secondary N) is 2. The first-order chi connectivity index (χ1) is 22.8. The van der Waals surface area contributed by atoms with Crippen molar-refractivity contribution in [3.63, 3.8) is 0 Å². The Hall–Kier alpha value is -3.40. The molecule has 1 saturated carbocycles. The quantitative estimate of drug-likeness (QED) is 0.235. The molecule has 8 rings (SSSR count). The third kappa shape index (κ3) is 5.25. The maximum absolute atomic E-state index is 14.6. The largest absolute Gasteiger partial charge is 0.458 e. The first-order valence-corrected chi connectivity index (χ1v) is 16.9. The van der Waals surface area contributed by atoms with Gasteiger partial charge in [0.25, 0.3) is 5.91 Å². The van der Waals surface area contributed by atoms with Gasteiger partial charge in [-0.2, -0.15) is 5.06 Å². The third-order valence-electron chi connectivity index (χ3n) is 9.98. The highest BCUT2D eigenvalue weighted by atomic mass is 127. The lowest BCUT2D eigenvalue weighted by Crippen LogP contribution is -2.69. The molecule has 12 heteroatoms. The molecule has 11 nitrogen and oxygen atoms in total. The topological polar surface area (TPSA) is 136 Å². The number of fused-ring (bicyclic) bond motifs is 5. The van der Waals surface area contributed by atoms with Crippen LogP contribution < -0.4 is 10.6 Å². The van der Waals surface area contributed by atoms with Crippen molar-refractivity contribution in [3.05, 3.63) is 104 Å². The molecule has 3 N–H and O–H groups in total. The van der Waals surface area contributed by atoms with E-state index in [1.165, 1.54) is 0 Å². The van der Waals surface area contributed by atoms with Crippen LogP contribution in [0, 0.1) is 8.99 Å². The summed E-state index contributed by atoms with van der Waals surface area (Å²) < 4.78 is 20.6. The van der Waals surface area contributed by atoms with Crippen LogP contribution in [0.15, 0.2) is 72.8 Å². The van der Waals surface area contributed by atoms with E-state index < -0.39 is 47.6 Å². The smallest absolute Gasteiger partial charge is 0.327 e. The van der Waals surface area contributed by atoms with E-state index in [1.54, 1.807) is 23.3 Å². The monoisotopic (exact) mass is 751 g/mol. The predicted octanol–water partition coefficient (Wildman–Crippen LogP) is 2.41. The lowest BCUT2D eigenvalue weighted by atomic mass is 9.62. The molecule has 2 amide bonds. The van der Waals surface area contributed by atoms with Crippen molar-refractivity contribution in [2.24, 2.45) is 5.41 Å². The molecular formula is C35H34IN3O8. The number of nitrogens with zero attached hydrogens (tertiary/aromatic N) is 1. The summed E-state index contributed by atoms with van der Waals surface area (Å²) in [6, 6.07) is 22.0. The van der Waals surface area contributed by atoms with Gasteiger partial charge in [0, 0.05) is 41.5 Å². The fraction of sp³-hybridized carbons (Fsp3) is 0.400. The number of rotatable bonds is 8. The van der Waals surface area contributed by atoms with Crippen LogP contribution in [0.2, 0.25) is 0 Å². The van der Waals surface area contributed by atoms with Crippen molar-refractivity contribution in [2.75, 3.05) is 13.2 Å². The molecule has 3 aromatic rings. The average Bonchev–Trinajstić information content (AvgIpc) is 3.74. The van der Waals surface area contributed by atoms with Crippen LogP contribution in [0.25, 0.3) is 0 Å². The van der Waals surface area contributed by atoms with Crippen LogP contribution in [0.3, 0.4) is 0 Å². The molecule has 6 unspecified atom stereocenters. The Balaban J connectivity index is 1.11. The number of halogens is 1. The van der Waals surface area contributed by atoms with E-state index >= 15 is 0 Å². The first kappa shape index (κ1) is 30.9. The molecule has 6 atom stereocenters. The molecule has 2 aliphatic carbocycles. The molecule has 47 heavy (non-hydrogen) atoms. The number of amides is 2. The summed E-state index contributed by atoms with van der Waals surface area (Å²) in [4.78, 5) is 47.6. The standard InChI is InChI=1S/C35H34IN3O8/c36-25-10-4-6-21(14-25)19-39-29-32(42)44-26-17-35(29,33(43)38-18-20-5-3-9-22(13-20)31(41)37-11-12-40)30(47-39)28-27(26)45-34(46-28)15-23-7-1-2-8-24(23)16-34/h1-10,13-14,26-30,40H,11-12,15-19H2,(H,37,41)(H,38,43). The summed E-state index contributed by atoms with van der Waals surface area (Å²) in [5, 5.41) is 16.4. The van der Waals surface area contributed by atoms with Crippen LogP contribution >= 0.6 is 22.6 Å². The van der Waals surface area contributed by atoms with Gasteiger partial charge in [-0.3, -0.25) is 19.2 Å². The molecule has 4 fully saturated rings. The van der Waals surface area contributed by atoms with Gasteiger partial charge in [0.05, 0.1) is 13.2 Å². The molecule has 3 aliphatic heterocycles. The summed E-state index contributed by atoms with van der Waals surface area (Å²) in [6.45, 7) is 0.375. The van der Waals surface area contributed by atoms with Crippen molar-refractivity contribution in [3.8, 4) is 0 Å². The van der Waals surface area contributed by atoms with Gasteiger partial charge < -0.3 is 30.0 Å². The van der Waals surface area contributed by atoms with Gasteiger partial charge >= 0.3 is 5.97 Å². The Labute approximate surface area is 285 Å². The number of aliphatic hydroxyl groups excluding tert-OH is 1. The number of ether oxygens (including phenoxy) is 3.